The maximum absolute atomic E-state index is 13.8. The lowest BCUT2D eigenvalue weighted by atomic mass is 10.1. The maximum atomic E-state index is 13.8. The van der Waals surface area contributed by atoms with Gasteiger partial charge in [-0.3, -0.25) is 19.0 Å². The lowest BCUT2D eigenvalue weighted by Crippen LogP contribution is -2.36. The third kappa shape index (κ3) is 5.85. The number of likely N-dealkylation sites (N-methyl/N-ethyl adjacent to an activating group) is 2. The largest absolute Gasteiger partial charge is 0.494 e. The zero-order chi connectivity index (χ0) is 26.5. The van der Waals surface area contributed by atoms with Gasteiger partial charge in [-0.15, -0.1) is 23.7 Å². The van der Waals surface area contributed by atoms with Crippen molar-refractivity contribution in [1.82, 2.24) is 14.4 Å². The fourth-order valence-corrected chi connectivity index (χ4v) is 5.70. The number of thiophene rings is 1. The van der Waals surface area contributed by atoms with Crippen molar-refractivity contribution in [3.05, 3.63) is 69.8 Å². The minimum Gasteiger partial charge on any atom is -0.494 e. The van der Waals surface area contributed by atoms with Crippen LogP contribution in [0, 0.1) is 0 Å². The minimum absolute atomic E-state index is 0. The van der Waals surface area contributed by atoms with Crippen LogP contribution in [0.25, 0.3) is 21.0 Å². The van der Waals surface area contributed by atoms with Crippen LogP contribution in [0.2, 0.25) is 0 Å². The molecule has 0 spiro atoms. The summed E-state index contributed by atoms with van der Waals surface area (Å²) in [5, 5.41) is 3.95. The van der Waals surface area contributed by atoms with Gasteiger partial charge < -0.3 is 19.9 Å². The Kier molecular flexibility index (Phi) is 9.90. The summed E-state index contributed by atoms with van der Waals surface area (Å²) in [4.78, 5) is 44.4. The van der Waals surface area contributed by atoms with E-state index in [-0.39, 0.29) is 42.1 Å². The first kappa shape index (κ1) is 29.2. The van der Waals surface area contributed by atoms with Gasteiger partial charge in [-0.1, -0.05) is 50.2 Å². The Bertz CT molecular complexity index is 1480. The van der Waals surface area contributed by atoms with Crippen molar-refractivity contribution in [3.8, 4) is 5.75 Å². The fourth-order valence-electron chi connectivity index (χ4n) is 4.41. The molecule has 4 rings (SSSR count). The molecule has 0 atom stereocenters. The van der Waals surface area contributed by atoms with Crippen molar-refractivity contribution < 1.29 is 14.3 Å². The van der Waals surface area contributed by atoms with Crippen LogP contribution in [-0.4, -0.2) is 66.5 Å². The second-order valence-electron chi connectivity index (χ2n) is 8.74. The van der Waals surface area contributed by atoms with Gasteiger partial charge in [0.05, 0.1) is 17.3 Å². The number of anilines is 1. The van der Waals surface area contributed by atoms with Gasteiger partial charge in [0.2, 0.25) is 5.91 Å². The number of nitrogens with one attached hydrogen (secondary N) is 1. The number of fused-ring (bicyclic) bond motifs is 3. The van der Waals surface area contributed by atoms with Crippen molar-refractivity contribution in [2.24, 2.45) is 0 Å². The standard InChI is InChI=1S/C28H32N4O4S.ClH/c1-5-31(6-2)17-16-30(3)28(35)26-24(36-4)23-25(37-26)20-14-10-11-15-21(20)32(27(23)34)18-22(33)29-19-12-8-7-9-13-19;/h7-15H,5-6,16-18H2,1-4H3,(H,29,33);1H. The second kappa shape index (κ2) is 12.9. The molecule has 0 fully saturated rings. The number of rotatable bonds is 10. The Morgan fingerprint density at radius 3 is 2.32 bits per heavy atom. The summed E-state index contributed by atoms with van der Waals surface area (Å²) >= 11 is 1.26. The van der Waals surface area contributed by atoms with Crippen LogP contribution in [0.3, 0.4) is 0 Å². The predicted octanol–water partition coefficient (Wildman–Crippen LogP) is 4.70. The number of halogens is 1. The maximum Gasteiger partial charge on any atom is 0.267 e. The van der Waals surface area contributed by atoms with Gasteiger partial charge >= 0.3 is 0 Å². The number of para-hydroxylation sites is 2. The van der Waals surface area contributed by atoms with E-state index in [1.807, 2.05) is 42.5 Å². The van der Waals surface area contributed by atoms with E-state index in [4.69, 9.17) is 4.74 Å². The summed E-state index contributed by atoms with van der Waals surface area (Å²) in [5.41, 5.74) is 0.913. The number of amides is 2. The van der Waals surface area contributed by atoms with E-state index in [1.165, 1.54) is 23.0 Å². The quantitative estimate of drug-likeness (QED) is 0.306. The summed E-state index contributed by atoms with van der Waals surface area (Å²) in [6.45, 7) is 7.16. The molecule has 0 radical (unpaired) electrons. The molecule has 0 aliphatic rings. The number of carbonyl (C=O) groups excluding carboxylic acids is 2. The van der Waals surface area contributed by atoms with Crippen LogP contribution >= 0.6 is 23.7 Å². The summed E-state index contributed by atoms with van der Waals surface area (Å²) in [7, 11) is 3.23. The van der Waals surface area contributed by atoms with Crippen molar-refractivity contribution in [2.75, 3.05) is 45.7 Å². The van der Waals surface area contributed by atoms with Crippen molar-refractivity contribution in [3.63, 3.8) is 0 Å². The summed E-state index contributed by atoms with van der Waals surface area (Å²) in [6, 6.07) is 16.5. The fraction of sp³-hybridized carbons (Fsp3) is 0.321. The summed E-state index contributed by atoms with van der Waals surface area (Å²) < 4.78 is 7.79. The smallest absolute Gasteiger partial charge is 0.267 e. The van der Waals surface area contributed by atoms with E-state index in [9.17, 15) is 14.4 Å². The van der Waals surface area contributed by atoms with E-state index in [0.29, 0.717) is 32.7 Å². The van der Waals surface area contributed by atoms with Crippen molar-refractivity contribution in [1.29, 1.82) is 0 Å². The number of methoxy groups -OCH3 is 1. The Morgan fingerprint density at radius 2 is 1.66 bits per heavy atom. The minimum atomic E-state index is -0.366. The number of nitrogens with zero attached hydrogens (tertiary/aromatic N) is 3. The molecule has 0 saturated heterocycles. The first-order valence-electron chi connectivity index (χ1n) is 12.3. The van der Waals surface area contributed by atoms with Crippen LogP contribution in [0.4, 0.5) is 5.69 Å². The molecule has 1 N–H and O–H groups in total. The Balaban J connectivity index is 0.00000400. The highest BCUT2D eigenvalue weighted by Gasteiger charge is 2.27. The third-order valence-corrected chi connectivity index (χ3v) is 7.71. The number of aromatic nitrogens is 1. The Hall–Kier alpha value is -3.40. The average Bonchev–Trinajstić information content (AvgIpc) is 3.31. The monoisotopic (exact) mass is 556 g/mol. The molecule has 0 aliphatic heterocycles. The van der Waals surface area contributed by atoms with Crippen LogP contribution in [-0.2, 0) is 11.3 Å². The van der Waals surface area contributed by atoms with Gasteiger partial charge in [0, 0.05) is 31.2 Å². The second-order valence-corrected chi connectivity index (χ2v) is 9.77. The SMILES string of the molecule is CCN(CC)CCN(C)C(=O)c1sc2c(c1OC)c(=O)n(CC(=O)Nc1ccccc1)c1ccccc21.Cl. The highest BCUT2D eigenvalue weighted by atomic mass is 35.5. The molecule has 2 aromatic heterocycles. The summed E-state index contributed by atoms with van der Waals surface area (Å²) in [5.74, 6) is -0.255. The number of ether oxygens (including phenoxy) is 1. The molecule has 2 heterocycles. The number of carbonyl (C=O) groups is 2. The average molecular weight is 557 g/mol. The van der Waals surface area contributed by atoms with E-state index in [2.05, 4.69) is 24.1 Å². The molecule has 38 heavy (non-hydrogen) atoms. The molecule has 8 nitrogen and oxygen atoms in total. The van der Waals surface area contributed by atoms with Crippen LogP contribution in [0.5, 0.6) is 5.75 Å². The molecule has 0 aliphatic carbocycles. The van der Waals surface area contributed by atoms with Crippen LogP contribution < -0.4 is 15.6 Å². The van der Waals surface area contributed by atoms with Gasteiger partial charge in [-0.05, 0) is 31.3 Å². The van der Waals surface area contributed by atoms with Gasteiger partial charge in [0.1, 0.15) is 16.8 Å². The molecule has 10 heteroatoms. The van der Waals surface area contributed by atoms with Gasteiger partial charge in [-0.2, -0.15) is 0 Å². The normalized spacial score (nSPS) is 11.0. The third-order valence-electron chi connectivity index (χ3n) is 6.51. The molecule has 0 bridgehead atoms. The predicted molar refractivity (Wildman–Crippen MR) is 157 cm³/mol. The number of hydrogen-bond donors (Lipinski definition) is 1. The topological polar surface area (TPSA) is 83.9 Å². The number of pyridine rings is 1. The lowest BCUT2D eigenvalue weighted by Gasteiger charge is -2.23. The zero-order valence-electron chi connectivity index (χ0n) is 22.0. The molecular formula is C28H33ClN4O4S. The van der Waals surface area contributed by atoms with Gasteiger partial charge in [-0.25, -0.2) is 0 Å². The molecule has 2 amide bonds. The molecule has 4 aromatic rings. The van der Waals surface area contributed by atoms with Gasteiger partial charge in [0.15, 0.2) is 5.75 Å². The Labute approximate surface area is 232 Å². The summed E-state index contributed by atoms with van der Waals surface area (Å²) in [6.07, 6.45) is 0. The molecule has 0 unspecified atom stereocenters. The zero-order valence-corrected chi connectivity index (χ0v) is 23.7. The van der Waals surface area contributed by atoms with Crippen molar-refractivity contribution in [2.45, 2.75) is 20.4 Å². The van der Waals surface area contributed by atoms with E-state index >= 15 is 0 Å². The highest BCUT2D eigenvalue weighted by Crippen LogP contribution is 2.40. The molecule has 2 aromatic carbocycles. The highest BCUT2D eigenvalue weighted by molar-refractivity contribution is 7.22. The first-order chi connectivity index (χ1) is 17.9. The van der Waals surface area contributed by atoms with Crippen LogP contribution in [0.1, 0.15) is 23.5 Å². The molecule has 0 saturated carbocycles. The molecular weight excluding hydrogens is 524 g/mol. The molecule has 202 valence electrons. The van der Waals surface area contributed by atoms with E-state index in [1.54, 1.807) is 24.1 Å². The van der Waals surface area contributed by atoms with E-state index in [0.717, 1.165) is 25.0 Å². The number of benzene rings is 2. The van der Waals surface area contributed by atoms with E-state index < -0.39 is 0 Å². The lowest BCUT2D eigenvalue weighted by molar-refractivity contribution is -0.116. The van der Waals surface area contributed by atoms with Crippen molar-refractivity contribution >= 4 is 62.2 Å². The number of hydrogen-bond acceptors (Lipinski definition) is 6. The van der Waals surface area contributed by atoms with Gasteiger partial charge in [0.25, 0.3) is 11.5 Å². The van der Waals surface area contributed by atoms with Crippen LogP contribution in [0.15, 0.2) is 59.4 Å². The first-order valence-corrected chi connectivity index (χ1v) is 13.2. The Morgan fingerprint density at radius 1 is 1.00 bits per heavy atom.